The van der Waals surface area contributed by atoms with Crippen LogP contribution in [-0.2, 0) is 9.59 Å². The van der Waals surface area contributed by atoms with E-state index in [1.807, 2.05) is 6.92 Å². The summed E-state index contributed by atoms with van der Waals surface area (Å²) in [5.74, 6) is -2.68. The van der Waals surface area contributed by atoms with Gasteiger partial charge in [-0.3, -0.25) is 14.5 Å². The lowest BCUT2D eigenvalue weighted by Crippen LogP contribution is -2.29. The third-order valence-corrected chi connectivity index (χ3v) is 5.53. The average Bonchev–Trinajstić information content (AvgIpc) is 3.06. The fraction of sp³-hybridized carbons (Fsp3) is 0.154. The molecule has 168 valence electrons. The van der Waals surface area contributed by atoms with Gasteiger partial charge >= 0.3 is 0 Å². The zero-order chi connectivity index (χ0) is 23.7. The molecule has 33 heavy (non-hydrogen) atoms. The number of carbonyl (C=O) groups excluding carboxylic acids is 2. The van der Waals surface area contributed by atoms with Crippen LogP contribution in [0.4, 0.5) is 10.1 Å². The molecular weight excluding hydrogens is 425 g/mol. The Morgan fingerprint density at radius 1 is 1.06 bits per heavy atom. The van der Waals surface area contributed by atoms with E-state index in [2.05, 4.69) is 0 Å². The fourth-order valence-corrected chi connectivity index (χ4v) is 4.01. The molecule has 1 saturated heterocycles. The summed E-state index contributed by atoms with van der Waals surface area (Å²) >= 11 is 0. The summed E-state index contributed by atoms with van der Waals surface area (Å²) in [6, 6.07) is 15.3. The average molecular weight is 447 g/mol. The van der Waals surface area contributed by atoms with E-state index in [-0.39, 0.29) is 28.1 Å². The Hall–Kier alpha value is -4.13. The zero-order valence-corrected chi connectivity index (χ0v) is 18.1. The predicted octanol–water partition coefficient (Wildman–Crippen LogP) is 4.86. The number of amides is 1. The van der Waals surface area contributed by atoms with Crippen LogP contribution < -0.4 is 9.64 Å². The largest absolute Gasteiger partial charge is 0.507 e. The number of aromatic hydroxyl groups is 1. The van der Waals surface area contributed by atoms with Gasteiger partial charge in [-0.2, -0.15) is 0 Å². The molecule has 1 heterocycles. The van der Waals surface area contributed by atoms with Gasteiger partial charge in [0.25, 0.3) is 11.7 Å². The minimum atomic E-state index is -1.27. The first-order valence-electron chi connectivity index (χ1n) is 10.4. The maximum atomic E-state index is 14.9. The summed E-state index contributed by atoms with van der Waals surface area (Å²) in [5, 5.41) is 21.5. The molecule has 1 fully saturated rings. The third-order valence-electron chi connectivity index (χ3n) is 5.53. The van der Waals surface area contributed by atoms with Crippen molar-refractivity contribution in [1.29, 1.82) is 0 Å². The molecule has 1 amide bonds. The monoisotopic (exact) mass is 447 g/mol. The number of carbonyl (C=O) groups is 2. The molecule has 0 spiro atoms. The number of hydrogen-bond donors (Lipinski definition) is 2. The summed E-state index contributed by atoms with van der Waals surface area (Å²) in [5.41, 5.74) is 0.793. The number of halogens is 1. The number of aryl methyl sites for hydroxylation is 1. The van der Waals surface area contributed by atoms with Crippen molar-refractivity contribution in [3.63, 3.8) is 0 Å². The summed E-state index contributed by atoms with van der Waals surface area (Å²) in [6.45, 7) is 4.10. The molecule has 1 aliphatic rings. The van der Waals surface area contributed by atoms with Crippen LogP contribution in [0.2, 0.25) is 0 Å². The van der Waals surface area contributed by atoms with E-state index in [9.17, 15) is 24.2 Å². The van der Waals surface area contributed by atoms with Crippen molar-refractivity contribution in [3.8, 4) is 11.5 Å². The molecule has 0 aliphatic carbocycles. The number of aliphatic hydroxyl groups is 1. The minimum absolute atomic E-state index is 0.0177. The molecule has 7 heteroatoms. The number of Topliss-reactive ketones (excluding diaryl/α,β-unsaturated/α-hetero) is 1. The number of nitrogens with zero attached hydrogens (tertiary/aromatic N) is 1. The van der Waals surface area contributed by atoms with Crippen molar-refractivity contribution in [2.75, 3.05) is 11.5 Å². The molecule has 0 bridgehead atoms. The number of phenols is 1. The molecule has 3 aromatic carbocycles. The smallest absolute Gasteiger partial charge is 0.300 e. The van der Waals surface area contributed by atoms with Gasteiger partial charge in [-0.25, -0.2) is 4.39 Å². The van der Waals surface area contributed by atoms with Crippen molar-refractivity contribution in [2.24, 2.45) is 0 Å². The van der Waals surface area contributed by atoms with Gasteiger partial charge in [0.05, 0.1) is 23.9 Å². The minimum Gasteiger partial charge on any atom is -0.507 e. The molecule has 1 unspecified atom stereocenters. The SMILES string of the molecule is CCOc1ccc(/C(O)=C2\C(=O)C(=O)N(c3ccccc3O)C2c2ccccc2F)cc1C. The Labute approximate surface area is 190 Å². The number of ketones is 1. The second-order valence-corrected chi connectivity index (χ2v) is 7.59. The number of phenolic OH excluding ortho intramolecular Hbond substituents is 1. The summed E-state index contributed by atoms with van der Waals surface area (Å²) in [6.07, 6.45) is 0. The Morgan fingerprint density at radius 2 is 1.76 bits per heavy atom. The van der Waals surface area contributed by atoms with Crippen molar-refractivity contribution in [1.82, 2.24) is 0 Å². The fourth-order valence-electron chi connectivity index (χ4n) is 4.01. The molecule has 3 aromatic rings. The molecule has 1 aliphatic heterocycles. The quantitative estimate of drug-likeness (QED) is 0.331. The zero-order valence-electron chi connectivity index (χ0n) is 18.1. The Balaban J connectivity index is 1.95. The van der Waals surface area contributed by atoms with Crippen molar-refractivity contribution >= 4 is 23.1 Å². The first-order chi connectivity index (χ1) is 15.8. The number of rotatable bonds is 5. The van der Waals surface area contributed by atoms with Gasteiger partial charge in [-0.15, -0.1) is 0 Å². The number of anilines is 1. The van der Waals surface area contributed by atoms with Crippen LogP contribution in [0, 0.1) is 12.7 Å². The molecule has 0 radical (unpaired) electrons. The predicted molar refractivity (Wildman–Crippen MR) is 122 cm³/mol. The van der Waals surface area contributed by atoms with E-state index < -0.39 is 29.3 Å². The lowest BCUT2D eigenvalue weighted by Gasteiger charge is -2.26. The highest BCUT2D eigenvalue weighted by Gasteiger charge is 2.48. The van der Waals surface area contributed by atoms with Gasteiger partial charge in [0.15, 0.2) is 0 Å². The summed E-state index contributed by atoms with van der Waals surface area (Å²) < 4.78 is 20.4. The summed E-state index contributed by atoms with van der Waals surface area (Å²) in [4.78, 5) is 27.2. The van der Waals surface area contributed by atoms with Crippen LogP contribution in [0.25, 0.3) is 5.76 Å². The topological polar surface area (TPSA) is 87.1 Å². The maximum absolute atomic E-state index is 14.9. The number of para-hydroxylation sites is 2. The first-order valence-corrected chi connectivity index (χ1v) is 10.4. The second kappa shape index (κ2) is 8.78. The van der Waals surface area contributed by atoms with Crippen molar-refractivity contribution in [3.05, 3.63) is 94.8 Å². The van der Waals surface area contributed by atoms with Gasteiger partial charge in [-0.05, 0) is 55.8 Å². The second-order valence-electron chi connectivity index (χ2n) is 7.59. The lowest BCUT2D eigenvalue weighted by molar-refractivity contribution is -0.132. The van der Waals surface area contributed by atoms with Gasteiger partial charge in [0.1, 0.15) is 23.1 Å². The van der Waals surface area contributed by atoms with Crippen LogP contribution in [0.1, 0.15) is 29.7 Å². The number of hydrogen-bond acceptors (Lipinski definition) is 5. The molecule has 2 N–H and O–H groups in total. The molecule has 0 aromatic heterocycles. The standard InChI is InChI=1S/C26H22FNO5/c1-3-33-21-13-12-16(14-15(21)2)24(30)22-23(17-8-4-5-9-18(17)27)28(26(32)25(22)31)19-10-6-7-11-20(19)29/h4-14,23,29-30H,3H2,1-2H3/b24-22+. The van der Waals surface area contributed by atoms with E-state index in [4.69, 9.17) is 4.74 Å². The lowest BCUT2D eigenvalue weighted by atomic mass is 9.94. The van der Waals surface area contributed by atoms with E-state index in [1.54, 1.807) is 43.3 Å². The number of aliphatic hydroxyl groups excluding tert-OH is 1. The van der Waals surface area contributed by atoms with Crippen LogP contribution in [-0.4, -0.2) is 28.5 Å². The maximum Gasteiger partial charge on any atom is 0.300 e. The highest BCUT2D eigenvalue weighted by Crippen LogP contribution is 2.45. The molecular formula is C26H22FNO5. The van der Waals surface area contributed by atoms with Gasteiger partial charge in [0, 0.05) is 11.1 Å². The first kappa shape index (κ1) is 22.1. The molecule has 6 nitrogen and oxygen atoms in total. The Morgan fingerprint density at radius 3 is 2.42 bits per heavy atom. The normalized spacial score (nSPS) is 17.4. The van der Waals surface area contributed by atoms with Gasteiger partial charge < -0.3 is 14.9 Å². The number of ether oxygens (including phenoxy) is 1. The van der Waals surface area contributed by atoms with Crippen molar-refractivity contribution < 1.29 is 28.9 Å². The van der Waals surface area contributed by atoms with E-state index >= 15 is 0 Å². The molecule has 0 saturated carbocycles. The Bertz CT molecular complexity index is 1280. The van der Waals surface area contributed by atoms with Crippen molar-refractivity contribution in [2.45, 2.75) is 19.9 Å². The molecule has 1 atom stereocenters. The molecule has 4 rings (SSSR count). The van der Waals surface area contributed by atoms with Gasteiger partial charge in [0.2, 0.25) is 0 Å². The van der Waals surface area contributed by atoms with Crippen LogP contribution in [0.3, 0.4) is 0 Å². The van der Waals surface area contributed by atoms with E-state index in [0.29, 0.717) is 12.4 Å². The number of benzene rings is 3. The van der Waals surface area contributed by atoms with Crippen LogP contribution in [0.15, 0.2) is 72.3 Å². The summed E-state index contributed by atoms with van der Waals surface area (Å²) in [7, 11) is 0. The van der Waals surface area contributed by atoms with E-state index in [0.717, 1.165) is 10.5 Å². The van der Waals surface area contributed by atoms with E-state index in [1.165, 1.54) is 30.3 Å². The highest BCUT2D eigenvalue weighted by atomic mass is 19.1. The van der Waals surface area contributed by atoms with Crippen LogP contribution >= 0.6 is 0 Å². The van der Waals surface area contributed by atoms with Crippen LogP contribution in [0.5, 0.6) is 11.5 Å². The third kappa shape index (κ3) is 3.82. The van der Waals surface area contributed by atoms with Gasteiger partial charge in [-0.1, -0.05) is 30.3 Å². The Kier molecular flexibility index (Phi) is 5.87. The highest BCUT2D eigenvalue weighted by molar-refractivity contribution is 6.51.